The van der Waals surface area contributed by atoms with Crippen molar-refractivity contribution in [1.29, 1.82) is 0 Å². The van der Waals surface area contributed by atoms with Gasteiger partial charge < -0.3 is 4.74 Å². The van der Waals surface area contributed by atoms with Gasteiger partial charge >= 0.3 is 0 Å². The van der Waals surface area contributed by atoms with Crippen molar-refractivity contribution in [1.82, 2.24) is 24.7 Å². The first-order valence-corrected chi connectivity index (χ1v) is 8.80. The maximum absolute atomic E-state index is 5.17. The van der Waals surface area contributed by atoms with Crippen molar-refractivity contribution in [3.05, 3.63) is 40.7 Å². The summed E-state index contributed by atoms with van der Waals surface area (Å²) in [6, 6.07) is 7.92. The Bertz CT molecular complexity index is 817. The Hall–Kier alpha value is -2.25. The Balaban J connectivity index is 1.77. The Morgan fingerprint density at radius 1 is 1.12 bits per heavy atom. The summed E-state index contributed by atoms with van der Waals surface area (Å²) in [5.41, 5.74) is 1.10. The minimum atomic E-state index is 0.763. The van der Waals surface area contributed by atoms with Gasteiger partial charge in [0.25, 0.3) is 0 Å². The molecule has 6 nitrogen and oxygen atoms in total. The van der Waals surface area contributed by atoms with Crippen LogP contribution < -0.4 is 4.74 Å². The molecule has 2 heterocycles. The lowest BCUT2D eigenvalue weighted by Crippen LogP contribution is -2.23. The maximum Gasteiger partial charge on any atom is 0.235 e. The van der Waals surface area contributed by atoms with Gasteiger partial charge in [0.15, 0.2) is 5.82 Å². The summed E-state index contributed by atoms with van der Waals surface area (Å²) in [7, 11) is 1.67. The molecule has 0 spiro atoms. The number of hydrogen-bond donors (Lipinski definition) is 0. The van der Waals surface area contributed by atoms with Gasteiger partial charge in [0, 0.05) is 0 Å². The van der Waals surface area contributed by atoms with Crippen LogP contribution in [0.2, 0.25) is 0 Å². The molecule has 0 saturated heterocycles. The van der Waals surface area contributed by atoms with E-state index in [4.69, 9.17) is 4.74 Å². The highest BCUT2D eigenvalue weighted by Gasteiger charge is 2.12. The van der Waals surface area contributed by atoms with Gasteiger partial charge in [-0.3, -0.25) is 4.90 Å². The number of aromatic nitrogens is 4. The zero-order chi connectivity index (χ0) is 16.9. The second-order valence-corrected chi connectivity index (χ2v) is 6.31. The van der Waals surface area contributed by atoms with Gasteiger partial charge in [0.2, 0.25) is 4.96 Å². The molecule has 0 bridgehead atoms. The summed E-state index contributed by atoms with van der Waals surface area (Å²) in [6.07, 6.45) is 4.04. The standard InChI is InChI=1S/C17H21N5OS/c1-4-21(5-2)12-15-18-19-17-22(15)20-16(24-17)11-8-13-6-9-14(23-3)10-7-13/h6-11H,4-5,12H2,1-3H3/b11-8+. The third-order valence-electron chi connectivity index (χ3n) is 3.86. The SMILES string of the molecule is CCN(CC)Cc1nnc2sc(/C=C/c3ccc(OC)cc3)nn12. The van der Waals surface area contributed by atoms with Gasteiger partial charge in [0.1, 0.15) is 10.8 Å². The number of nitrogens with zero attached hydrogens (tertiary/aromatic N) is 5. The van der Waals surface area contributed by atoms with Crippen LogP contribution in [0, 0.1) is 0 Å². The van der Waals surface area contributed by atoms with Crippen LogP contribution in [0.3, 0.4) is 0 Å². The highest BCUT2D eigenvalue weighted by atomic mass is 32.1. The Labute approximate surface area is 145 Å². The van der Waals surface area contributed by atoms with E-state index in [1.165, 1.54) is 11.3 Å². The predicted octanol–water partition coefficient (Wildman–Crippen LogP) is 3.21. The number of rotatable bonds is 7. The molecule has 126 valence electrons. The van der Waals surface area contributed by atoms with Crippen molar-refractivity contribution in [2.45, 2.75) is 20.4 Å². The minimum absolute atomic E-state index is 0.763. The minimum Gasteiger partial charge on any atom is -0.497 e. The van der Waals surface area contributed by atoms with Gasteiger partial charge in [-0.25, -0.2) is 0 Å². The van der Waals surface area contributed by atoms with Gasteiger partial charge in [-0.05, 0) is 36.9 Å². The van der Waals surface area contributed by atoms with E-state index in [2.05, 4.69) is 34.0 Å². The molecule has 1 aromatic carbocycles. The summed E-state index contributed by atoms with van der Waals surface area (Å²) in [4.78, 5) is 3.12. The van der Waals surface area contributed by atoms with Gasteiger partial charge in [-0.1, -0.05) is 43.4 Å². The second-order valence-electron chi connectivity index (χ2n) is 5.32. The average Bonchev–Trinajstić information content (AvgIpc) is 3.19. The van der Waals surface area contributed by atoms with Crippen molar-refractivity contribution in [2.24, 2.45) is 0 Å². The number of fused-ring (bicyclic) bond motifs is 1. The lowest BCUT2D eigenvalue weighted by Gasteiger charge is -2.15. The summed E-state index contributed by atoms with van der Waals surface area (Å²) in [5.74, 6) is 1.74. The fraction of sp³-hybridized carbons (Fsp3) is 0.353. The van der Waals surface area contributed by atoms with Crippen LogP contribution in [0.15, 0.2) is 24.3 Å². The zero-order valence-corrected chi connectivity index (χ0v) is 15.0. The normalized spacial score (nSPS) is 11.8. The molecule has 3 rings (SSSR count). The molecule has 24 heavy (non-hydrogen) atoms. The van der Waals surface area contributed by atoms with Crippen molar-refractivity contribution in [3.63, 3.8) is 0 Å². The lowest BCUT2D eigenvalue weighted by molar-refractivity contribution is 0.286. The molecule has 0 atom stereocenters. The van der Waals surface area contributed by atoms with Crippen LogP contribution in [-0.2, 0) is 6.54 Å². The largest absolute Gasteiger partial charge is 0.497 e. The number of benzene rings is 1. The van der Waals surface area contributed by atoms with Crippen LogP contribution in [0.4, 0.5) is 0 Å². The maximum atomic E-state index is 5.17. The first-order chi connectivity index (χ1) is 11.7. The fourth-order valence-corrected chi connectivity index (χ4v) is 3.13. The summed E-state index contributed by atoms with van der Waals surface area (Å²) < 4.78 is 7.01. The second kappa shape index (κ2) is 7.55. The number of ether oxygens (including phenoxy) is 1. The quantitative estimate of drug-likeness (QED) is 0.659. The van der Waals surface area contributed by atoms with Crippen LogP contribution in [0.25, 0.3) is 17.1 Å². The highest BCUT2D eigenvalue weighted by Crippen LogP contribution is 2.18. The Morgan fingerprint density at radius 3 is 2.54 bits per heavy atom. The Morgan fingerprint density at radius 2 is 1.88 bits per heavy atom. The first-order valence-electron chi connectivity index (χ1n) is 7.99. The summed E-state index contributed by atoms with van der Waals surface area (Å²) >= 11 is 1.54. The summed E-state index contributed by atoms with van der Waals surface area (Å²) in [5, 5.41) is 14.0. The molecule has 0 aliphatic heterocycles. The molecular formula is C17H21N5OS. The monoisotopic (exact) mass is 343 g/mol. The van der Waals surface area contributed by atoms with Crippen molar-refractivity contribution in [2.75, 3.05) is 20.2 Å². The summed E-state index contributed by atoms with van der Waals surface area (Å²) in [6.45, 7) is 7.02. The van der Waals surface area contributed by atoms with E-state index in [9.17, 15) is 0 Å². The van der Waals surface area contributed by atoms with Crippen LogP contribution in [0.1, 0.15) is 30.2 Å². The molecule has 2 aromatic heterocycles. The van der Waals surface area contributed by atoms with Crippen LogP contribution >= 0.6 is 11.3 Å². The third kappa shape index (κ3) is 3.63. The molecule has 0 unspecified atom stereocenters. The third-order valence-corrected chi connectivity index (χ3v) is 4.73. The molecule has 3 aromatic rings. The molecule has 0 saturated carbocycles. The van der Waals surface area contributed by atoms with Crippen LogP contribution in [-0.4, -0.2) is 44.9 Å². The Kier molecular flexibility index (Phi) is 5.22. The lowest BCUT2D eigenvalue weighted by atomic mass is 10.2. The van der Waals surface area contributed by atoms with Crippen LogP contribution in [0.5, 0.6) is 5.75 Å². The van der Waals surface area contributed by atoms with Crippen molar-refractivity contribution >= 4 is 28.4 Å². The van der Waals surface area contributed by atoms with Crippen molar-refractivity contribution in [3.8, 4) is 5.75 Å². The van der Waals surface area contributed by atoms with E-state index in [0.717, 1.165) is 46.7 Å². The van der Waals surface area contributed by atoms with E-state index < -0.39 is 0 Å². The van der Waals surface area contributed by atoms with E-state index in [1.807, 2.05) is 40.9 Å². The van der Waals surface area contributed by atoms with E-state index in [1.54, 1.807) is 7.11 Å². The van der Waals surface area contributed by atoms with E-state index in [0.29, 0.717) is 0 Å². The van der Waals surface area contributed by atoms with Gasteiger partial charge in [-0.2, -0.15) is 9.61 Å². The topological polar surface area (TPSA) is 55.5 Å². The molecule has 0 N–H and O–H groups in total. The fourth-order valence-electron chi connectivity index (χ4n) is 2.37. The number of hydrogen-bond acceptors (Lipinski definition) is 6. The number of methoxy groups -OCH3 is 1. The highest BCUT2D eigenvalue weighted by molar-refractivity contribution is 7.17. The molecule has 0 aliphatic rings. The zero-order valence-electron chi connectivity index (χ0n) is 14.1. The van der Waals surface area contributed by atoms with Gasteiger partial charge in [-0.15, -0.1) is 10.2 Å². The average molecular weight is 343 g/mol. The molecular weight excluding hydrogens is 322 g/mol. The predicted molar refractivity (Wildman–Crippen MR) is 97.2 cm³/mol. The van der Waals surface area contributed by atoms with E-state index >= 15 is 0 Å². The first kappa shape index (κ1) is 16.6. The van der Waals surface area contributed by atoms with Gasteiger partial charge in [0.05, 0.1) is 13.7 Å². The molecule has 0 fully saturated rings. The van der Waals surface area contributed by atoms with Crippen molar-refractivity contribution < 1.29 is 4.74 Å². The molecule has 0 radical (unpaired) electrons. The molecule has 0 aliphatic carbocycles. The smallest absolute Gasteiger partial charge is 0.235 e. The molecule has 0 amide bonds. The van der Waals surface area contributed by atoms with E-state index in [-0.39, 0.29) is 0 Å². The molecule has 7 heteroatoms.